The molecule has 0 aliphatic carbocycles. The Morgan fingerprint density at radius 1 is 1.13 bits per heavy atom. The lowest BCUT2D eigenvalue weighted by Gasteiger charge is -2.31. The number of benzene rings is 2. The summed E-state index contributed by atoms with van der Waals surface area (Å²) in [5.41, 5.74) is 0.387. The molecule has 1 aliphatic heterocycles. The van der Waals surface area contributed by atoms with Crippen LogP contribution in [0.5, 0.6) is 5.75 Å². The number of anilines is 1. The minimum atomic E-state index is -3.83. The molecule has 1 fully saturated rings. The molecule has 9 heteroatoms. The molecular weight excluding hydrogens is 426 g/mol. The maximum absolute atomic E-state index is 13.8. The number of hydrogen-bond acceptors (Lipinski definition) is 4. The molecule has 1 saturated heterocycles. The minimum absolute atomic E-state index is 0.0949. The number of piperidine rings is 1. The number of halogens is 2. The van der Waals surface area contributed by atoms with Gasteiger partial charge in [0.1, 0.15) is 28.0 Å². The second-order valence-electron chi connectivity index (χ2n) is 7.83. The smallest absolute Gasteiger partial charge is 0.246 e. The van der Waals surface area contributed by atoms with E-state index < -0.39 is 39.2 Å². The molecule has 0 bridgehead atoms. The zero-order valence-electron chi connectivity index (χ0n) is 17.7. The highest BCUT2D eigenvalue weighted by molar-refractivity contribution is 7.89. The standard InChI is InChI=1S/C22H26F2N2O4S/c1-14(2)16-7-8-19(30-3)20(13-16)31(28,29)26-11-9-15(10-12-26)22(27)25-21-17(23)5-4-6-18(21)24/h4-8,13-15H,9-12H2,1-3H3,(H,25,27). The zero-order chi connectivity index (χ0) is 22.8. The molecule has 0 aromatic heterocycles. The van der Waals surface area contributed by atoms with Crippen LogP contribution in [0, 0.1) is 17.6 Å². The molecule has 2 aromatic rings. The molecule has 31 heavy (non-hydrogen) atoms. The lowest BCUT2D eigenvalue weighted by Crippen LogP contribution is -2.41. The van der Waals surface area contributed by atoms with Gasteiger partial charge in [0.15, 0.2) is 0 Å². The van der Waals surface area contributed by atoms with E-state index in [0.29, 0.717) is 0 Å². The number of methoxy groups -OCH3 is 1. The van der Waals surface area contributed by atoms with Crippen molar-refractivity contribution in [2.24, 2.45) is 5.92 Å². The molecule has 0 spiro atoms. The quantitative estimate of drug-likeness (QED) is 0.715. The zero-order valence-corrected chi connectivity index (χ0v) is 18.5. The summed E-state index contributed by atoms with van der Waals surface area (Å²) in [4.78, 5) is 12.6. The van der Waals surface area contributed by atoms with Gasteiger partial charge in [0, 0.05) is 19.0 Å². The first-order valence-electron chi connectivity index (χ1n) is 10.1. The monoisotopic (exact) mass is 452 g/mol. The topological polar surface area (TPSA) is 75.7 Å². The molecule has 1 aliphatic rings. The molecule has 6 nitrogen and oxygen atoms in total. The number of para-hydroxylation sites is 1. The van der Waals surface area contributed by atoms with Gasteiger partial charge < -0.3 is 10.1 Å². The minimum Gasteiger partial charge on any atom is -0.495 e. The highest BCUT2D eigenvalue weighted by atomic mass is 32.2. The van der Waals surface area contributed by atoms with Gasteiger partial charge >= 0.3 is 0 Å². The number of amides is 1. The molecule has 0 unspecified atom stereocenters. The van der Waals surface area contributed by atoms with Gasteiger partial charge in [0.05, 0.1) is 7.11 Å². The Labute approximate surface area is 181 Å². The Kier molecular flexibility index (Phi) is 6.96. The van der Waals surface area contributed by atoms with Crippen molar-refractivity contribution in [2.75, 3.05) is 25.5 Å². The third kappa shape index (κ3) is 4.88. The average molecular weight is 453 g/mol. The van der Waals surface area contributed by atoms with Gasteiger partial charge in [-0.3, -0.25) is 4.79 Å². The number of nitrogens with one attached hydrogen (secondary N) is 1. The number of carbonyl (C=O) groups is 1. The van der Waals surface area contributed by atoms with E-state index in [0.717, 1.165) is 17.7 Å². The lowest BCUT2D eigenvalue weighted by molar-refractivity contribution is -0.121. The van der Waals surface area contributed by atoms with Gasteiger partial charge in [-0.2, -0.15) is 4.31 Å². The molecule has 1 N–H and O–H groups in total. The number of sulfonamides is 1. The Morgan fingerprint density at radius 2 is 1.74 bits per heavy atom. The van der Waals surface area contributed by atoms with E-state index in [9.17, 15) is 22.0 Å². The molecular formula is C22H26F2N2O4S. The van der Waals surface area contributed by atoms with Crippen molar-refractivity contribution >= 4 is 21.6 Å². The van der Waals surface area contributed by atoms with Crippen LogP contribution < -0.4 is 10.1 Å². The highest BCUT2D eigenvalue weighted by Gasteiger charge is 2.34. The fraction of sp³-hybridized carbons (Fsp3) is 0.409. The summed E-state index contributed by atoms with van der Waals surface area (Å²) in [6.45, 7) is 4.19. The number of rotatable bonds is 6. The van der Waals surface area contributed by atoms with Crippen LogP contribution in [-0.4, -0.2) is 38.8 Å². The van der Waals surface area contributed by atoms with Gasteiger partial charge in [-0.15, -0.1) is 0 Å². The van der Waals surface area contributed by atoms with Crippen molar-refractivity contribution in [3.8, 4) is 5.75 Å². The predicted molar refractivity (Wildman–Crippen MR) is 114 cm³/mol. The van der Waals surface area contributed by atoms with E-state index >= 15 is 0 Å². The average Bonchev–Trinajstić information content (AvgIpc) is 2.75. The molecule has 1 amide bonds. The fourth-order valence-corrected chi connectivity index (χ4v) is 5.25. The van der Waals surface area contributed by atoms with Gasteiger partial charge in [-0.05, 0) is 48.6 Å². The summed E-state index contributed by atoms with van der Waals surface area (Å²) in [7, 11) is -2.41. The molecule has 0 atom stereocenters. The summed E-state index contributed by atoms with van der Waals surface area (Å²) in [5.74, 6) is -2.38. The molecule has 168 valence electrons. The van der Waals surface area contributed by atoms with Crippen molar-refractivity contribution in [1.82, 2.24) is 4.31 Å². The van der Waals surface area contributed by atoms with E-state index in [2.05, 4.69) is 5.32 Å². The van der Waals surface area contributed by atoms with Crippen molar-refractivity contribution in [1.29, 1.82) is 0 Å². The summed E-state index contributed by atoms with van der Waals surface area (Å²) >= 11 is 0. The van der Waals surface area contributed by atoms with Crippen LogP contribution in [0.4, 0.5) is 14.5 Å². The number of carbonyl (C=O) groups excluding carboxylic acids is 1. The van der Waals surface area contributed by atoms with Crippen LogP contribution in [-0.2, 0) is 14.8 Å². The van der Waals surface area contributed by atoms with E-state index in [1.54, 1.807) is 12.1 Å². The Morgan fingerprint density at radius 3 is 2.29 bits per heavy atom. The third-order valence-corrected chi connectivity index (χ3v) is 7.43. The second-order valence-corrected chi connectivity index (χ2v) is 9.74. The lowest BCUT2D eigenvalue weighted by atomic mass is 9.97. The first kappa shape index (κ1) is 23.1. The molecule has 0 radical (unpaired) electrons. The van der Waals surface area contributed by atoms with Crippen LogP contribution in [0.15, 0.2) is 41.3 Å². The van der Waals surface area contributed by atoms with E-state index in [4.69, 9.17) is 4.74 Å². The number of nitrogens with zero attached hydrogens (tertiary/aromatic N) is 1. The summed E-state index contributed by atoms with van der Waals surface area (Å²) < 4.78 is 60.7. The van der Waals surface area contributed by atoms with E-state index in [1.807, 2.05) is 19.9 Å². The molecule has 0 saturated carbocycles. The normalized spacial score (nSPS) is 15.8. The molecule has 2 aromatic carbocycles. The summed E-state index contributed by atoms with van der Waals surface area (Å²) in [6.07, 6.45) is 0.487. The summed E-state index contributed by atoms with van der Waals surface area (Å²) in [5, 5.41) is 2.29. The Balaban J connectivity index is 1.73. The van der Waals surface area contributed by atoms with Crippen molar-refractivity contribution in [2.45, 2.75) is 37.5 Å². The van der Waals surface area contributed by atoms with Crippen LogP contribution in [0.1, 0.15) is 38.2 Å². The van der Waals surface area contributed by atoms with Gasteiger partial charge in [0.2, 0.25) is 15.9 Å². The number of hydrogen-bond donors (Lipinski definition) is 1. The van der Waals surface area contributed by atoms with Gasteiger partial charge in [-0.1, -0.05) is 26.0 Å². The van der Waals surface area contributed by atoms with Crippen LogP contribution in [0.2, 0.25) is 0 Å². The highest BCUT2D eigenvalue weighted by Crippen LogP contribution is 2.32. The predicted octanol–water partition coefficient (Wildman–Crippen LogP) is 4.14. The maximum Gasteiger partial charge on any atom is 0.246 e. The third-order valence-electron chi connectivity index (χ3n) is 5.51. The number of ether oxygens (including phenoxy) is 1. The van der Waals surface area contributed by atoms with Crippen molar-refractivity contribution in [3.63, 3.8) is 0 Å². The van der Waals surface area contributed by atoms with Crippen LogP contribution in [0.25, 0.3) is 0 Å². The second kappa shape index (κ2) is 9.32. The van der Waals surface area contributed by atoms with Crippen LogP contribution >= 0.6 is 0 Å². The van der Waals surface area contributed by atoms with E-state index in [1.165, 1.54) is 17.5 Å². The largest absolute Gasteiger partial charge is 0.495 e. The first-order valence-corrected chi connectivity index (χ1v) is 11.5. The van der Waals surface area contributed by atoms with Gasteiger partial charge in [0.25, 0.3) is 0 Å². The van der Waals surface area contributed by atoms with Gasteiger partial charge in [-0.25, -0.2) is 17.2 Å². The first-order chi connectivity index (χ1) is 14.6. The van der Waals surface area contributed by atoms with E-state index in [-0.39, 0.29) is 42.5 Å². The summed E-state index contributed by atoms with van der Waals surface area (Å²) in [6, 6.07) is 8.44. The van der Waals surface area contributed by atoms with Crippen molar-refractivity contribution < 1.29 is 26.7 Å². The Hall–Kier alpha value is -2.52. The SMILES string of the molecule is COc1ccc(C(C)C)cc1S(=O)(=O)N1CCC(C(=O)Nc2c(F)cccc2F)CC1. The van der Waals surface area contributed by atoms with Crippen LogP contribution in [0.3, 0.4) is 0 Å². The Bertz CT molecular complexity index is 1040. The van der Waals surface area contributed by atoms with Crippen molar-refractivity contribution in [3.05, 3.63) is 53.6 Å². The fourth-order valence-electron chi connectivity index (χ4n) is 3.59. The molecule has 3 rings (SSSR count). The molecule has 1 heterocycles. The maximum atomic E-state index is 13.8.